The first-order valence-corrected chi connectivity index (χ1v) is 27.2. The fourth-order valence-electron chi connectivity index (χ4n) is 7.01. The maximum Gasteiger partial charge on any atom is 0.408 e. The molecule has 2 unspecified atom stereocenters. The first-order chi connectivity index (χ1) is 28.7. The lowest BCUT2D eigenvalue weighted by Gasteiger charge is -2.25. The van der Waals surface area contributed by atoms with Crippen LogP contribution in [0.4, 0.5) is 4.79 Å². The van der Waals surface area contributed by atoms with E-state index in [1.807, 2.05) is 0 Å². The van der Waals surface area contributed by atoms with E-state index < -0.39 is 41.3 Å². The quantitative estimate of drug-likeness (QED) is 0.0316. The highest BCUT2D eigenvalue weighted by Crippen LogP contribution is 2.25. The summed E-state index contributed by atoms with van der Waals surface area (Å²) >= 11 is 0. The van der Waals surface area contributed by atoms with Gasteiger partial charge in [-0.1, -0.05) is 202 Å². The van der Waals surface area contributed by atoms with Gasteiger partial charge in [-0.15, -0.1) is 0 Å². The smallest absolute Gasteiger partial charge is 0.408 e. The van der Waals surface area contributed by atoms with E-state index in [0.717, 1.165) is 31.4 Å². The van der Waals surface area contributed by atoms with Crippen LogP contribution in [0.3, 0.4) is 0 Å². The van der Waals surface area contributed by atoms with E-state index in [-0.39, 0.29) is 18.7 Å². The third-order valence-corrected chi connectivity index (χ3v) is 12.9. The number of esters is 1. The van der Waals surface area contributed by atoms with Crippen LogP contribution in [0.15, 0.2) is 0 Å². The maximum absolute atomic E-state index is 13.7. The number of hydrogen-bond acceptors (Lipinski definition) is 8. The number of ether oxygens (including phenoxy) is 2. The lowest BCUT2D eigenvalue weighted by Crippen LogP contribution is -2.55. The number of unbranched alkanes of at least 4 members (excludes halogenated alkanes) is 26. The van der Waals surface area contributed by atoms with Gasteiger partial charge in [0.2, 0.25) is 11.8 Å². The van der Waals surface area contributed by atoms with E-state index in [1.54, 1.807) is 63.1 Å². The number of hydrogen-bond donors (Lipinski definition) is 3. The third kappa shape index (κ3) is 40.5. The first-order valence-electron chi connectivity index (χ1n) is 24.7. The van der Waals surface area contributed by atoms with Crippen LogP contribution in [-0.2, 0) is 23.9 Å². The van der Waals surface area contributed by atoms with Crippen molar-refractivity contribution in [2.45, 2.75) is 271 Å². The zero-order valence-electron chi connectivity index (χ0n) is 40.3. The molecule has 354 valence electrons. The van der Waals surface area contributed by atoms with Gasteiger partial charge in [0, 0.05) is 24.5 Å². The Morgan fingerprint density at radius 2 is 0.867 bits per heavy atom. The van der Waals surface area contributed by atoms with Crippen molar-refractivity contribution in [1.82, 2.24) is 16.0 Å². The largest absolute Gasteiger partial charge is 0.460 e. The standard InChI is InChI=1S/C49H95N3O6S2/c1-9-11-13-15-17-19-21-23-25-27-29-31-33-35-39-50-45(54)43(41-60-59-40-36-34-32-30-28-26-24-22-20-18-16-14-12-10-2)51-46(55)42(52-47(56)58-49(6,7)8)37-38-44(53)57-48(3,4)5/h42-43H,9-41H2,1-8H3,(H,50,54)(H,51,55)(H,52,56). The molecule has 0 heterocycles. The van der Waals surface area contributed by atoms with Gasteiger partial charge in [0.05, 0.1) is 0 Å². The van der Waals surface area contributed by atoms with Crippen molar-refractivity contribution in [2.75, 3.05) is 18.1 Å². The molecule has 0 aromatic carbocycles. The van der Waals surface area contributed by atoms with Gasteiger partial charge in [-0.3, -0.25) is 14.4 Å². The molecule has 9 nitrogen and oxygen atoms in total. The lowest BCUT2D eigenvalue weighted by atomic mass is 10.0. The Labute approximate surface area is 377 Å². The molecule has 3 N–H and O–H groups in total. The van der Waals surface area contributed by atoms with Gasteiger partial charge in [0.1, 0.15) is 23.3 Å². The minimum absolute atomic E-state index is 0.00833. The Morgan fingerprint density at radius 3 is 1.28 bits per heavy atom. The number of rotatable bonds is 40. The molecule has 0 aliphatic heterocycles. The van der Waals surface area contributed by atoms with Crippen LogP contribution >= 0.6 is 21.6 Å². The number of alkyl carbamates (subject to hydrolysis) is 1. The second kappa shape index (κ2) is 39.0. The molecule has 0 spiro atoms. The van der Waals surface area contributed by atoms with E-state index >= 15 is 0 Å². The van der Waals surface area contributed by atoms with Crippen molar-refractivity contribution < 1.29 is 28.7 Å². The summed E-state index contributed by atoms with van der Waals surface area (Å²) in [4.78, 5) is 52.6. The van der Waals surface area contributed by atoms with Crippen LogP contribution < -0.4 is 16.0 Å². The highest BCUT2D eigenvalue weighted by atomic mass is 33.1. The fraction of sp³-hybridized carbons (Fsp3) is 0.918. The van der Waals surface area contributed by atoms with E-state index in [4.69, 9.17) is 9.47 Å². The second-order valence-corrected chi connectivity index (χ2v) is 21.6. The van der Waals surface area contributed by atoms with Crippen molar-refractivity contribution in [1.29, 1.82) is 0 Å². The van der Waals surface area contributed by atoms with Gasteiger partial charge >= 0.3 is 12.1 Å². The maximum atomic E-state index is 13.7. The number of carbonyl (C=O) groups is 4. The third-order valence-electron chi connectivity index (χ3n) is 10.4. The van der Waals surface area contributed by atoms with Gasteiger partial charge in [-0.25, -0.2) is 4.79 Å². The molecular formula is C49H95N3O6S2. The Balaban J connectivity index is 4.94. The Morgan fingerprint density at radius 1 is 0.467 bits per heavy atom. The fourth-order valence-corrected chi connectivity index (χ4v) is 9.32. The molecule has 60 heavy (non-hydrogen) atoms. The minimum Gasteiger partial charge on any atom is -0.460 e. The number of amides is 3. The topological polar surface area (TPSA) is 123 Å². The van der Waals surface area contributed by atoms with Crippen molar-refractivity contribution in [3.05, 3.63) is 0 Å². The molecule has 0 saturated heterocycles. The average molecular weight is 886 g/mol. The van der Waals surface area contributed by atoms with Crippen LogP contribution in [0.25, 0.3) is 0 Å². The molecule has 2 atom stereocenters. The SMILES string of the molecule is CCCCCCCCCCCCCCCCNC(=O)C(CSSCCCCCCCCCCCCCCCC)NC(=O)C(CCC(=O)OC(C)(C)C)NC(=O)OC(C)(C)C. The highest BCUT2D eigenvalue weighted by Gasteiger charge is 2.30. The number of nitrogens with one attached hydrogen (secondary N) is 3. The molecule has 0 aliphatic carbocycles. The molecule has 0 aromatic heterocycles. The summed E-state index contributed by atoms with van der Waals surface area (Å²) in [5.41, 5.74) is -1.45. The Kier molecular flexibility index (Phi) is 38.0. The van der Waals surface area contributed by atoms with Crippen molar-refractivity contribution in [3.8, 4) is 0 Å². The predicted octanol–water partition coefficient (Wildman–Crippen LogP) is 13.9. The average Bonchev–Trinajstić information content (AvgIpc) is 3.17. The van der Waals surface area contributed by atoms with Gasteiger partial charge < -0.3 is 25.4 Å². The summed E-state index contributed by atoms with van der Waals surface area (Å²) in [5.74, 6) is 0.154. The van der Waals surface area contributed by atoms with Crippen LogP contribution in [0.2, 0.25) is 0 Å². The molecule has 0 saturated carbocycles. The summed E-state index contributed by atoms with van der Waals surface area (Å²) < 4.78 is 10.9. The summed E-state index contributed by atoms with van der Waals surface area (Å²) in [5, 5.41) is 8.61. The summed E-state index contributed by atoms with van der Waals surface area (Å²) in [6.07, 6.45) is 35.6. The zero-order valence-corrected chi connectivity index (χ0v) is 41.9. The molecule has 0 aliphatic rings. The van der Waals surface area contributed by atoms with E-state index in [0.29, 0.717) is 12.3 Å². The van der Waals surface area contributed by atoms with Crippen molar-refractivity contribution in [2.24, 2.45) is 0 Å². The second-order valence-electron chi connectivity index (χ2n) is 19.0. The Bertz CT molecular complexity index is 1060. The van der Waals surface area contributed by atoms with E-state index in [9.17, 15) is 19.2 Å². The predicted molar refractivity (Wildman–Crippen MR) is 259 cm³/mol. The molecular weight excluding hydrogens is 791 g/mol. The highest BCUT2D eigenvalue weighted by molar-refractivity contribution is 8.76. The normalized spacial score (nSPS) is 12.8. The minimum atomic E-state index is -1.08. The molecule has 11 heteroatoms. The molecule has 0 bridgehead atoms. The van der Waals surface area contributed by atoms with Crippen molar-refractivity contribution >= 4 is 45.5 Å². The van der Waals surface area contributed by atoms with Crippen LogP contribution in [0.1, 0.15) is 248 Å². The van der Waals surface area contributed by atoms with Crippen LogP contribution in [0.5, 0.6) is 0 Å². The van der Waals surface area contributed by atoms with Crippen LogP contribution in [0, 0.1) is 0 Å². The van der Waals surface area contributed by atoms with E-state index in [1.165, 1.54) is 154 Å². The van der Waals surface area contributed by atoms with Gasteiger partial charge in [-0.05, 0) is 60.8 Å². The summed E-state index contributed by atoms with van der Waals surface area (Å²) in [6, 6.07) is -1.87. The Hall–Kier alpha value is -1.62. The molecule has 0 radical (unpaired) electrons. The zero-order chi connectivity index (χ0) is 44.7. The summed E-state index contributed by atoms with van der Waals surface area (Å²) in [6.45, 7) is 15.7. The monoisotopic (exact) mass is 886 g/mol. The van der Waals surface area contributed by atoms with Gasteiger partial charge in [0.15, 0.2) is 0 Å². The van der Waals surface area contributed by atoms with E-state index in [2.05, 4.69) is 29.8 Å². The summed E-state index contributed by atoms with van der Waals surface area (Å²) in [7, 11) is 3.33. The first kappa shape index (κ1) is 58.4. The van der Waals surface area contributed by atoms with Gasteiger partial charge in [0.25, 0.3) is 0 Å². The van der Waals surface area contributed by atoms with Gasteiger partial charge in [-0.2, -0.15) is 0 Å². The molecule has 0 fully saturated rings. The molecule has 0 aromatic rings. The molecule has 3 amide bonds. The van der Waals surface area contributed by atoms with Crippen molar-refractivity contribution in [3.63, 3.8) is 0 Å². The lowest BCUT2D eigenvalue weighted by molar-refractivity contribution is -0.155. The molecule has 0 rings (SSSR count). The number of carbonyl (C=O) groups excluding carboxylic acids is 4. The van der Waals surface area contributed by atoms with Crippen LogP contribution in [-0.4, -0.2) is 65.2 Å².